The summed E-state index contributed by atoms with van der Waals surface area (Å²) in [4.78, 5) is 0. The SMILES string of the molecule is FCC(F)C1CCCCC1. The lowest BCUT2D eigenvalue weighted by Gasteiger charge is -2.22. The van der Waals surface area contributed by atoms with E-state index >= 15 is 0 Å². The molecule has 1 unspecified atom stereocenters. The summed E-state index contributed by atoms with van der Waals surface area (Å²) in [5.41, 5.74) is 0. The minimum Gasteiger partial charge on any atom is -0.248 e. The maximum absolute atomic E-state index is 12.6. The summed E-state index contributed by atoms with van der Waals surface area (Å²) in [5, 5.41) is 0. The molecule has 0 amide bonds. The highest BCUT2D eigenvalue weighted by Gasteiger charge is 2.22. The second kappa shape index (κ2) is 3.89. The topological polar surface area (TPSA) is 0 Å². The van der Waals surface area contributed by atoms with Crippen molar-refractivity contribution in [3.8, 4) is 0 Å². The Kier molecular flexibility index (Phi) is 3.10. The molecule has 0 heterocycles. The van der Waals surface area contributed by atoms with E-state index in [0.29, 0.717) is 0 Å². The highest BCUT2D eigenvalue weighted by Crippen LogP contribution is 2.27. The van der Waals surface area contributed by atoms with Gasteiger partial charge in [0.05, 0.1) is 0 Å². The molecule has 10 heavy (non-hydrogen) atoms. The first-order chi connectivity index (χ1) is 4.84. The fourth-order valence-electron chi connectivity index (χ4n) is 1.62. The van der Waals surface area contributed by atoms with Gasteiger partial charge in [-0.05, 0) is 18.8 Å². The van der Waals surface area contributed by atoms with E-state index in [-0.39, 0.29) is 5.92 Å². The standard InChI is InChI=1S/C8H14F2/c9-6-8(10)7-4-2-1-3-5-7/h7-8H,1-6H2. The summed E-state index contributed by atoms with van der Waals surface area (Å²) in [6, 6.07) is 0. The lowest BCUT2D eigenvalue weighted by molar-refractivity contribution is 0.148. The van der Waals surface area contributed by atoms with Crippen LogP contribution in [0.5, 0.6) is 0 Å². The van der Waals surface area contributed by atoms with E-state index in [0.717, 1.165) is 25.7 Å². The van der Waals surface area contributed by atoms with Gasteiger partial charge in [0.1, 0.15) is 12.8 Å². The molecule has 1 aliphatic rings. The first kappa shape index (κ1) is 7.96. The molecule has 0 spiro atoms. The molecular weight excluding hydrogens is 134 g/mol. The highest BCUT2D eigenvalue weighted by molar-refractivity contribution is 4.72. The molecule has 0 saturated heterocycles. The van der Waals surface area contributed by atoms with Gasteiger partial charge < -0.3 is 0 Å². The van der Waals surface area contributed by atoms with Gasteiger partial charge in [-0.25, -0.2) is 8.78 Å². The molecule has 2 heteroatoms. The second-order valence-corrected chi connectivity index (χ2v) is 3.07. The fourth-order valence-corrected chi connectivity index (χ4v) is 1.62. The second-order valence-electron chi connectivity index (χ2n) is 3.07. The zero-order valence-corrected chi connectivity index (χ0v) is 6.15. The zero-order valence-electron chi connectivity index (χ0n) is 6.15. The maximum Gasteiger partial charge on any atom is 0.131 e. The lowest BCUT2D eigenvalue weighted by Crippen LogP contribution is -2.20. The molecule has 1 atom stereocenters. The van der Waals surface area contributed by atoms with Crippen LogP contribution in [0, 0.1) is 5.92 Å². The number of hydrogen-bond donors (Lipinski definition) is 0. The minimum atomic E-state index is -1.18. The minimum absolute atomic E-state index is 0.0266. The Morgan fingerprint density at radius 1 is 1.20 bits per heavy atom. The average molecular weight is 148 g/mol. The molecule has 1 fully saturated rings. The molecule has 0 aliphatic heterocycles. The molecule has 1 rings (SSSR count). The van der Waals surface area contributed by atoms with Crippen molar-refractivity contribution in [1.82, 2.24) is 0 Å². The smallest absolute Gasteiger partial charge is 0.131 e. The van der Waals surface area contributed by atoms with Crippen LogP contribution in [-0.2, 0) is 0 Å². The van der Waals surface area contributed by atoms with Crippen LogP contribution in [-0.4, -0.2) is 12.8 Å². The normalized spacial score (nSPS) is 24.6. The van der Waals surface area contributed by atoms with Crippen molar-refractivity contribution in [3.05, 3.63) is 0 Å². The van der Waals surface area contributed by atoms with Gasteiger partial charge in [0.15, 0.2) is 0 Å². The van der Waals surface area contributed by atoms with E-state index in [9.17, 15) is 8.78 Å². The van der Waals surface area contributed by atoms with Crippen LogP contribution in [0.25, 0.3) is 0 Å². The molecule has 0 bridgehead atoms. The van der Waals surface area contributed by atoms with E-state index in [1.165, 1.54) is 6.42 Å². The number of halogens is 2. The van der Waals surface area contributed by atoms with Crippen molar-refractivity contribution in [1.29, 1.82) is 0 Å². The van der Waals surface area contributed by atoms with Gasteiger partial charge in [-0.2, -0.15) is 0 Å². The van der Waals surface area contributed by atoms with Gasteiger partial charge in [0.2, 0.25) is 0 Å². The third kappa shape index (κ3) is 1.93. The van der Waals surface area contributed by atoms with Gasteiger partial charge in [0, 0.05) is 0 Å². The van der Waals surface area contributed by atoms with Crippen molar-refractivity contribution in [2.75, 3.05) is 6.67 Å². The molecule has 0 radical (unpaired) electrons. The summed E-state index contributed by atoms with van der Waals surface area (Å²) < 4.78 is 24.4. The van der Waals surface area contributed by atoms with Crippen LogP contribution in [0.2, 0.25) is 0 Å². The summed E-state index contributed by atoms with van der Waals surface area (Å²) >= 11 is 0. The predicted octanol–water partition coefficient (Wildman–Crippen LogP) is 2.87. The summed E-state index contributed by atoms with van der Waals surface area (Å²) in [7, 11) is 0. The Labute approximate surface area is 60.6 Å². The molecule has 0 aromatic carbocycles. The van der Waals surface area contributed by atoms with Gasteiger partial charge in [-0.1, -0.05) is 19.3 Å². The third-order valence-corrected chi connectivity index (χ3v) is 2.31. The van der Waals surface area contributed by atoms with Crippen LogP contribution in [0.1, 0.15) is 32.1 Å². The van der Waals surface area contributed by atoms with Gasteiger partial charge in [-0.3, -0.25) is 0 Å². The van der Waals surface area contributed by atoms with Crippen molar-refractivity contribution >= 4 is 0 Å². The van der Waals surface area contributed by atoms with Gasteiger partial charge in [-0.15, -0.1) is 0 Å². The Morgan fingerprint density at radius 2 is 1.80 bits per heavy atom. The van der Waals surface area contributed by atoms with E-state index in [1.807, 2.05) is 0 Å². The van der Waals surface area contributed by atoms with Crippen LogP contribution >= 0.6 is 0 Å². The Bertz CT molecular complexity index is 87.3. The summed E-state index contributed by atoms with van der Waals surface area (Å²) in [6.45, 7) is -0.787. The first-order valence-electron chi connectivity index (χ1n) is 4.04. The van der Waals surface area contributed by atoms with Crippen molar-refractivity contribution in [3.63, 3.8) is 0 Å². The molecule has 1 saturated carbocycles. The molecule has 1 aliphatic carbocycles. The molecule has 0 nitrogen and oxygen atoms in total. The number of hydrogen-bond acceptors (Lipinski definition) is 0. The summed E-state index contributed by atoms with van der Waals surface area (Å²) in [5.74, 6) is 0.0266. The zero-order chi connectivity index (χ0) is 7.40. The van der Waals surface area contributed by atoms with Crippen LogP contribution in [0.15, 0.2) is 0 Å². The van der Waals surface area contributed by atoms with Crippen molar-refractivity contribution in [2.45, 2.75) is 38.3 Å². The quantitative estimate of drug-likeness (QED) is 0.564. The fraction of sp³-hybridized carbons (Fsp3) is 1.00. The van der Waals surface area contributed by atoms with Crippen molar-refractivity contribution in [2.24, 2.45) is 5.92 Å². The predicted molar refractivity (Wildman–Crippen MR) is 37.4 cm³/mol. The Hall–Kier alpha value is -0.140. The van der Waals surface area contributed by atoms with E-state index in [4.69, 9.17) is 0 Å². The van der Waals surface area contributed by atoms with Gasteiger partial charge >= 0.3 is 0 Å². The largest absolute Gasteiger partial charge is 0.248 e. The molecular formula is C8H14F2. The third-order valence-electron chi connectivity index (χ3n) is 2.31. The molecule has 0 aromatic rings. The molecule has 0 aromatic heterocycles. The highest BCUT2D eigenvalue weighted by atomic mass is 19.2. The molecule has 60 valence electrons. The first-order valence-corrected chi connectivity index (χ1v) is 4.04. The Morgan fingerprint density at radius 3 is 2.30 bits per heavy atom. The summed E-state index contributed by atoms with van der Waals surface area (Å²) in [6.07, 6.45) is 3.99. The maximum atomic E-state index is 12.6. The van der Waals surface area contributed by atoms with E-state index in [2.05, 4.69) is 0 Å². The van der Waals surface area contributed by atoms with E-state index < -0.39 is 12.8 Å². The number of alkyl halides is 2. The van der Waals surface area contributed by atoms with E-state index in [1.54, 1.807) is 0 Å². The number of rotatable bonds is 2. The Balaban J connectivity index is 2.24. The van der Waals surface area contributed by atoms with Crippen molar-refractivity contribution < 1.29 is 8.78 Å². The van der Waals surface area contributed by atoms with Gasteiger partial charge in [0.25, 0.3) is 0 Å². The average Bonchev–Trinajstić information content (AvgIpc) is 2.05. The molecule has 0 N–H and O–H groups in total. The van der Waals surface area contributed by atoms with Crippen LogP contribution in [0.3, 0.4) is 0 Å². The lowest BCUT2D eigenvalue weighted by atomic mass is 9.86. The van der Waals surface area contributed by atoms with Crippen LogP contribution < -0.4 is 0 Å². The monoisotopic (exact) mass is 148 g/mol. The van der Waals surface area contributed by atoms with Crippen LogP contribution in [0.4, 0.5) is 8.78 Å².